The van der Waals surface area contributed by atoms with Crippen molar-refractivity contribution in [3.05, 3.63) is 47.7 Å². The van der Waals surface area contributed by atoms with Gasteiger partial charge in [0.2, 0.25) is 5.91 Å². The minimum atomic E-state index is -0.0332. The van der Waals surface area contributed by atoms with Crippen LogP contribution in [0.25, 0.3) is 0 Å². The lowest BCUT2D eigenvalue weighted by molar-refractivity contribution is -0.119. The second-order valence-corrected chi connectivity index (χ2v) is 8.31. The zero-order valence-electron chi connectivity index (χ0n) is 16.2. The lowest BCUT2D eigenvalue weighted by Crippen LogP contribution is -2.42. The van der Waals surface area contributed by atoms with Gasteiger partial charge < -0.3 is 10.1 Å². The fourth-order valence-corrected chi connectivity index (χ4v) is 4.96. The number of piperidine rings is 1. The molecule has 1 aromatic carbocycles. The number of fused-ring (bicyclic) bond motifs is 1. The van der Waals surface area contributed by atoms with Crippen molar-refractivity contribution < 1.29 is 9.53 Å². The Morgan fingerprint density at radius 3 is 2.46 bits per heavy atom. The molecule has 2 fully saturated rings. The second-order valence-electron chi connectivity index (χ2n) is 8.31. The molecule has 1 amide bonds. The highest BCUT2D eigenvalue weighted by molar-refractivity contribution is 5.92. The lowest BCUT2D eigenvalue weighted by atomic mass is 10.0. The van der Waals surface area contributed by atoms with Crippen molar-refractivity contribution in [2.24, 2.45) is 5.92 Å². The third kappa shape index (κ3) is 3.47. The van der Waals surface area contributed by atoms with Crippen LogP contribution in [0.15, 0.2) is 36.5 Å². The Bertz CT molecular complexity index is 810. The van der Waals surface area contributed by atoms with Crippen LogP contribution in [-0.2, 0) is 22.4 Å². The Hall–Kier alpha value is -2.18. The molecule has 6 heteroatoms. The summed E-state index contributed by atoms with van der Waals surface area (Å²) in [5.74, 6) is 0.846. The normalized spacial score (nSPS) is 23.8. The van der Waals surface area contributed by atoms with E-state index in [1.54, 1.807) is 6.20 Å². The number of nitrogens with one attached hydrogen (secondary N) is 1. The van der Waals surface area contributed by atoms with E-state index in [9.17, 15) is 4.79 Å². The topological polar surface area (TPSA) is 59.4 Å². The number of amides is 1. The van der Waals surface area contributed by atoms with Crippen molar-refractivity contribution in [3.63, 3.8) is 0 Å². The van der Waals surface area contributed by atoms with Crippen LogP contribution in [0.2, 0.25) is 0 Å². The average molecular weight is 380 g/mol. The number of hydrogen-bond donors (Lipinski definition) is 1. The highest BCUT2D eigenvalue weighted by Crippen LogP contribution is 2.31. The molecule has 0 radical (unpaired) electrons. The number of carbonyl (C=O) groups excluding carboxylic acids is 1. The van der Waals surface area contributed by atoms with Gasteiger partial charge in [-0.1, -0.05) is 24.3 Å². The Labute approximate surface area is 165 Å². The molecule has 6 nitrogen and oxygen atoms in total. The van der Waals surface area contributed by atoms with Crippen LogP contribution in [0.5, 0.6) is 0 Å². The molecule has 28 heavy (non-hydrogen) atoms. The molecule has 3 heterocycles. The molecule has 1 aromatic heterocycles. The molecule has 1 N–H and O–H groups in total. The first kappa shape index (κ1) is 17.9. The highest BCUT2D eigenvalue weighted by Gasteiger charge is 2.31. The fourth-order valence-electron chi connectivity index (χ4n) is 4.96. The van der Waals surface area contributed by atoms with Gasteiger partial charge in [-0.15, -0.1) is 0 Å². The average Bonchev–Trinajstić information content (AvgIpc) is 3.48. The number of carbonyl (C=O) groups is 1. The third-order valence-corrected chi connectivity index (χ3v) is 6.61. The molecule has 0 spiro atoms. The van der Waals surface area contributed by atoms with Crippen molar-refractivity contribution in [3.8, 4) is 0 Å². The number of aromatic nitrogens is 2. The number of nitrogens with zero attached hydrogens (tertiary/aromatic N) is 3. The number of ether oxygens (including phenoxy) is 1. The van der Waals surface area contributed by atoms with E-state index in [1.807, 2.05) is 10.7 Å². The number of likely N-dealkylation sites (tertiary alicyclic amines) is 1. The van der Waals surface area contributed by atoms with Crippen LogP contribution in [0.3, 0.4) is 0 Å². The van der Waals surface area contributed by atoms with Crippen molar-refractivity contribution in [1.82, 2.24) is 14.7 Å². The van der Waals surface area contributed by atoms with Crippen LogP contribution < -0.4 is 5.32 Å². The zero-order valence-corrected chi connectivity index (χ0v) is 16.2. The van der Waals surface area contributed by atoms with Gasteiger partial charge in [-0.05, 0) is 43.2 Å². The summed E-state index contributed by atoms with van der Waals surface area (Å²) < 4.78 is 7.36. The standard InChI is InChI=1S/C22H28N4O2/c27-22(18-8-12-28-15-18)24-21-5-9-23-26(21)19-6-10-25(11-7-19)20-13-16-3-1-2-4-17(16)14-20/h1-5,9,18-20H,6-8,10-15H2,(H,24,27). The van der Waals surface area contributed by atoms with Gasteiger partial charge in [0.1, 0.15) is 5.82 Å². The van der Waals surface area contributed by atoms with Crippen LogP contribution in [0.1, 0.15) is 36.4 Å². The lowest BCUT2D eigenvalue weighted by Gasteiger charge is -2.36. The van der Waals surface area contributed by atoms with Crippen molar-refractivity contribution in [1.29, 1.82) is 0 Å². The number of anilines is 1. The fraction of sp³-hybridized carbons (Fsp3) is 0.545. The molecule has 1 unspecified atom stereocenters. The summed E-state index contributed by atoms with van der Waals surface area (Å²) in [6.45, 7) is 3.39. The Kier molecular flexibility index (Phi) is 4.91. The van der Waals surface area contributed by atoms with Gasteiger partial charge in [0.25, 0.3) is 0 Å². The van der Waals surface area contributed by atoms with Gasteiger partial charge in [0.15, 0.2) is 0 Å². The number of hydrogen-bond acceptors (Lipinski definition) is 4. The van der Waals surface area contributed by atoms with E-state index >= 15 is 0 Å². The van der Waals surface area contributed by atoms with Gasteiger partial charge in [-0.25, -0.2) is 4.68 Å². The quantitative estimate of drug-likeness (QED) is 0.886. The van der Waals surface area contributed by atoms with Crippen LogP contribution in [0, 0.1) is 5.92 Å². The van der Waals surface area contributed by atoms with E-state index in [4.69, 9.17) is 4.74 Å². The molecule has 2 aliphatic heterocycles. The van der Waals surface area contributed by atoms with Crippen LogP contribution in [0.4, 0.5) is 5.82 Å². The predicted octanol–water partition coefficient (Wildman–Crippen LogP) is 2.66. The van der Waals surface area contributed by atoms with Crippen molar-refractivity contribution in [2.45, 2.75) is 44.2 Å². The molecule has 3 aliphatic rings. The molecule has 148 valence electrons. The first-order valence-electron chi connectivity index (χ1n) is 10.5. The van der Waals surface area contributed by atoms with Crippen LogP contribution in [-0.4, -0.2) is 52.9 Å². The van der Waals surface area contributed by atoms with E-state index in [2.05, 4.69) is 39.6 Å². The molecular formula is C22H28N4O2. The molecule has 2 aromatic rings. The molecular weight excluding hydrogens is 352 g/mol. The first-order valence-corrected chi connectivity index (χ1v) is 10.5. The zero-order chi connectivity index (χ0) is 18.9. The van der Waals surface area contributed by atoms with Crippen molar-refractivity contribution in [2.75, 3.05) is 31.6 Å². The maximum atomic E-state index is 12.4. The highest BCUT2D eigenvalue weighted by atomic mass is 16.5. The van der Waals surface area contributed by atoms with E-state index in [1.165, 1.54) is 24.0 Å². The summed E-state index contributed by atoms with van der Waals surface area (Å²) >= 11 is 0. The predicted molar refractivity (Wildman–Crippen MR) is 107 cm³/mol. The summed E-state index contributed by atoms with van der Waals surface area (Å²) in [7, 11) is 0. The Morgan fingerprint density at radius 1 is 1.04 bits per heavy atom. The van der Waals surface area contributed by atoms with Gasteiger partial charge in [-0.2, -0.15) is 5.10 Å². The van der Waals surface area contributed by atoms with Gasteiger partial charge in [-0.3, -0.25) is 9.69 Å². The Morgan fingerprint density at radius 2 is 1.79 bits per heavy atom. The SMILES string of the molecule is O=C(Nc1ccnn1C1CCN(C2Cc3ccccc3C2)CC1)C1CCOC1. The molecule has 0 bridgehead atoms. The summed E-state index contributed by atoms with van der Waals surface area (Å²) in [5.41, 5.74) is 3.03. The van der Waals surface area contributed by atoms with Crippen molar-refractivity contribution >= 4 is 11.7 Å². The minimum Gasteiger partial charge on any atom is -0.381 e. The smallest absolute Gasteiger partial charge is 0.231 e. The maximum Gasteiger partial charge on any atom is 0.231 e. The van der Waals surface area contributed by atoms with E-state index in [0.29, 0.717) is 25.3 Å². The molecule has 0 saturated carbocycles. The minimum absolute atomic E-state index is 0.0332. The second kappa shape index (κ2) is 7.68. The summed E-state index contributed by atoms with van der Waals surface area (Å²) in [5, 5.41) is 7.60. The maximum absolute atomic E-state index is 12.4. The monoisotopic (exact) mass is 380 g/mol. The molecule has 1 aliphatic carbocycles. The summed E-state index contributed by atoms with van der Waals surface area (Å²) in [6, 6.07) is 11.7. The molecule has 1 atom stereocenters. The number of rotatable bonds is 4. The van der Waals surface area contributed by atoms with Gasteiger partial charge in [0, 0.05) is 31.8 Å². The third-order valence-electron chi connectivity index (χ3n) is 6.61. The number of benzene rings is 1. The van der Waals surface area contributed by atoms with E-state index < -0.39 is 0 Å². The van der Waals surface area contributed by atoms with Gasteiger partial charge >= 0.3 is 0 Å². The summed E-state index contributed by atoms with van der Waals surface area (Å²) in [6.07, 6.45) is 7.09. The summed E-state index contributed by atoms with van der Waals surface area (Å²) in [4.78, 5) is 15.1. The largest absolute Gasteiger partial charge is 0.381 e. The van der Waals surface area contributed by atoms with E-state index in [-0.39, 0.29) is 11.8 Å². The molecule has 2 saturated heterocycles. The molecule has 5 rings (SSSR count). The first-order chi connectivity index (χ1) is 13.8. The Balaban J connectivity index is 1.19. The van der Waals surface area contributed by atoms with Gasteiger partial charge in [0.05, 0.1) is 24.8 Å². The van der Waals surface area contributed by atoms with Crippen LogP contribution >= 0.6 is 0 Å². The van der Waals surface area contributed by atoms with E-state index in [0.717, 1.165) is 38.2 Å².